The minimum atomic E-state index is 0.821. The molecule has 0 aliphatic carbocycles. The van der Waals surface area contributed by atoms with E-state index in [1.165, 1.54) is 85.1 Å². The quantitative estimate of drug-likeness (QED) is 0.0202. The van der Waals surface area contributed by atoms with Gasteiger partial charge >= 0.3 is 0 Å². The summed E-state index contributed by atoms with van der Waals surface area (Å²) < 4.78 is 4.42. The molecule has 0 aliphatic rings. The van der Waals surface area contributed by atoms with Crippen molar-refractivity contribution in [2.75, 3.05) is 109 Å². The van der Waals surface area contributed by atoms with Crippen LogP contribution in [-0.4, -0.2) is 115 Å². The van der Waals surface area contributed by atoms with E-state index in [0.29, 0.717) is 0 Å². The van der Waals surface area contributed by atoms with Gasteiger partial charge in [0, 0.05) is 94.5 Å². The summed E-state index contributed by atoms with van der Waals surface area (Å²) in [5.74, 6) is 2.43. The number of allylic oxidation sites excluding steroid dienone is 5. The van der Waals surface area contributed by atoms with Crippen molar-refractivity contribution in [3.63, 3.8) is 0 Å². The lowest BCUT2D eigenvalue weighted by atomic mass is 10.1. The molecule has 55 heavy (non-hydrogen) atoms. The number of nitrogens with zero attached hydrogens (tertiary/aromatic N) is 6. The van der Waals surface area contributed by atoms with Gasteiger partial charge in [0.1, 0.15) is 6.54 Å². The number of pyridine rings is 1. The Hall–Kier alpha value is -3.56. The van der Waals surface area contributed by atoms with Crippen LogP contribution >= 0.6 is 21.6 Å². The normalized spacial score (nSPS) is 12.7. The zero-order valence-corrected chi connectivity index (χ0v) is 36.9. The molecule has 1 aromatic heterocycles. The number of aliphatic imine (C=N–C) groups is 1. The van der Waals surface area contributed by atoms with E-state index in [1.54, 1.807) is 0 Å². The predicted octanol–water partition coefficient (Wildman–Crippen LogP) is 9.66. The maximum Gasteiger partial charge on any atom is 0.205 e. The van der Waals surface area contributed by atoms with Gasteiger partial charge in [-0.2, -0.15) is 4.57 Å². The number of hydrogen-bond acceptors (Lipinski definition) is 5. The SMILES string of the molecule is CC/N=C/C=C\C=C\C=C\c1ccc(N(C)CCC[N+](C)(C)CCSSCCC[N+](C)(C)CCCN(C)c2ccc(/C=C/c3cccc[n+]3CC)cc2)cc1. The Kier molecular flexibility index (Phi) is 21.3. The lowest BCUT2D eigenvalue weighted by Crippen LogP contribution is -2.43. The van der Waals surface area contributed by atoms with E-state index in [2.05, 4.69) is 187 Å². The second kappa shape index (κ2) is 25.6. The summed E-state index contributed by atoms with van der Waals surface area (Å²) in [6.45, 7) is 13.0. The Balaban J connectivity index is 1.23. The molecule has 298 valence electrons. The fourth-order valence-electron chi connectivity index (χ4n) is 6.27. The number of anilines is 2. The molecule has 0 spiro atoms. The van der Waals surface area contributed by atoms with Gasteiger partial charge in [0.05, 0.1) is 60.1 Å². The molecule has 0 atom stereocenters. The van der Waals surface area contributed by atoms with Gasteiger partial charge in [-0.15, -0.1) is 0 Å². The van der Waals surface area contributed by atoms with E-state index in [4.69, 9.17) is 0 Å². The molecule has 8 heteroatoms. The van der Waals surface area contributed by atoms with Gasteiger partial charge in [0.2, 0.25) is 5.69 Å². The Morgan fingerprint density at radius 3 is 1.76 bits per heavy atom. The number of benzene rings is 2. The topological polar surface area (TPSA) is 22.7 Å². The minimum absolute atomic E-state index is 0.821. The molecule has 0 amide bonds. The van der Waals surface area contributed by atoms with Crippen molar-refractivity contribution in [3.05, 3.63) is 120 Å². The van der Waals surface area contributed by atoms with Gasteiger partial charge in [0.15, 0.2) is 6.20 Å². The molecule has 0 unspecified atom stereocenters. The summed E-state index contributed by atoms with van der Waals surface area (Å²) >= 11 is 0. The average Bonchev–Trinajstić information content (AvgIpc) is 3.18. The molecule has 0 aliphatic heterocycles. The fourth-order valence-corrected chi connectivity index (χ4v) is 8.61. The molecule has 3 aromatic rings. The lowest BCUT2D eigenvalue weighted by molar-refractivity contribution is -0.890. The van der Waals surface area contributed by atoms with E-state index in [9.17, 15) is 0 Å². The third kappa shape index (κ3) is 19.2. The first-order chi connectivity index (χ1) is 26.5. The summed E-state index contributed by atoms with van der Waals surface area (Å²) in [6.07, 6.45) is 24.3. The number of rotatable bonds is 26. The zero-order valence-electron chi connectivity index (χ0n) is 35.3. The van der Waals surface area contributed by atoms with Crippen LogP contribution in [0, 0.1) is 0 Å². The molecule has 0 N–H and O–H groups in total. The Morgan fingerprint density at radius 1 is 0.600 bits per heavy atom. The molecule has 0 bridgehead atoms. The highest BCUT2D eigenvalue weighted by Crippen LogP contribution is 2.23. The van der Waals surface area contributed by atoms with Crippen LogP contribution in [0.5, 0.6) is 0 Å². The van der Waals surface area contributed by atoms with E-state index < -0.39 is 0 Å². The van der Waals surface area contributed by atoms with Crippen molar-refractivity contribution >= 4 is 57.4 Å². The van der Waals surface area contributed by atoms with Crippen molar-refractivity contribution in [3.8, 4) is 0 Å². The lowest BCUT2D eigenvalue weighted by Gasteiger charge is -2.31. The van der Waals surface area contributed by atoms with Crippen LogP contribution in [0.3, 0.4) is 0 Å². The van der Waals surface area contributed by atoms with Gasteiger partial charge in [-0.05, 0) is 67.5 Å². The maximum absolute atomic E-state index is 4.17. The first-order valence-electron chi connectivity index (χ1n) is 20.2. The molecule has 2 aromatic carbocycles. The minimum Gasteiger partial charge on any atom is -0.374 e. The molecule has 1 heterocycles. The molecular weight excluding hydrogens is 713 g/mol. The second-order valence-corrected chi connectivity index (χ2v) is 18.2. The van der Waals surface area contributed by atoms with Crippen LogP contribution < -0.4 is 14.4 Å². The van der Waals surface area contributed by atoms with Gasteiger partial charge in [-0.3, -0.25) is 4.99 Å². The Bertz CT molecular complexity index is 1640. The monoisotopic (exact) mass is 784 g/mol. The van der Waals surface area contributed by atoms with Gasteiger partial charge < -0.3 is 18.8 Å². The van der Waals surface area contributed by atoms with Crippen molar-refractivity contribution in [2.24, 2.45) is 4.99 Å². The van der Waals surface area contributed by atoms with Gasteiger partial charge in [0.25, 0.3) is 0 Å². The molecule has 6 nitrogen and oxygen atoms in total. The maximum atomic E-state index is 4.17. The largest absolute Gasteiger partial charge is 0.374 e. The Morgan fingerprint density at radius 2 is 1.15 bits per heavy atom. The zero-order chi connectivity index (χ0) is 39.8. The standard InChI is InChI=1S/C47H71N6S2/c1-9-48-33-16-13-11-12-14-21-43-23-28-45(29-24-43)50(4)35-19-38-53(7,8)40-42-55-54-41-20-39-52(5,6)37-18-34-49(3)46-30-25-44(26-31-46)27-32-47-22-15-17-36-51(47)10-2/h11-17,21-33,36H,9-10,18-20,34-35,37-42H2,1-8H3/q+3/b12-11+,16-13-,21-14+,48-33+. The molecule has 0 saturated carbocycles. The van der Waals surface area contributed by atoms with Crippen molar-refractivity contribution < 1.29 is 13.5 Å². The van der Waals surface area contributed by atoms with E-state index >= 15 is 0 Å². The first-order valence-corrected chi connectivity index (χ1v) is 22.7. The molecule has 0 radical (unpaired) electrons. The van der Waals surface area contributed by atoms with Crippen LogP contribution in [0.4, 0.5) is 11.4 Å². The summed E-state index contributed by atoms with van der Waals surface area (Å²) in [4.78, 5) is 8.94. The third-order valence-electron chi connectivity index (χ3n) is 9.91. The van der Waals surface area contributed by atoms with Crippen LogP contribution in [0.25, 0.3) is 18.2 Å². The van der Waals surface area contributed by atoms with Gasteiger partial charge in [-0.25, -0.2) is 0 Å². The highest BCUT2D eigenvalue weighted by molar-refractivity contribution is 8.76. The van der Waals surface area contributed by atoms with Crippen LogP contribution in [-0.2, 0) is 6.54 Å². The number of aryl methyl sites for hydroxylation is 1. The molecular formula is C47H71N6S2+3. The van der Waals surface area contributed by atoms with E-state index in [-0.39, 0.29) is 0 Å². The van der Waals surface area contributed by atoms with E-state index in [1.807, 2.05) is 37.4 Å². The molecule has 0 saturated heterocycles. The summed E-state index contributed by atoms with van der Waals surface area (Å²) in [7, 11) is 18.1. The summed E-state index contributed by atoms with van der Waals surface area (Å²) in [5, 5.41) is 0. The second-order valence-electron chi connectivity index (χ2n) is 15.5. The van der Waals surface area contributed by atoms with Crippen LogP contribution in [0.15, 0.2) is 108 Å². The highest BCUT2D eigenvalue weighted by Gasteiger charge is 2.17. The van der Waals surface area contributed by atoms with Crippen LogP contribution in [0.1, 0.15) is 49.9 Å². The van der Waals surface area contributed by atoms with Crippen molar-refractivity contribution in [1.29, 1.82) is 0 Å². The smallest absolute Gasteiger partial charge is 0.205 e. The predicted molar refractivity (Wildman–Crippen MR) is 249 cm³/mol. The average molecular weight is 784 g/mol. The third-order valence-corrected chi connectivity index (χ3v) is 12.4. The molecule has 3 rings (SSSR count). The number of quaternary nitrogens is 2. The Labute approximate surface area is 343 Å². The fraction of sp³-hybridized carbons (Fsp3) is 0.447. The highest BCUT2D eigenvalue weighted by atomic mass is 33.1. The summed E-state index contributed by atoms with van der Waals surface area (Å²) in [5.41, 5.74) is 6.23. The number of hydrogen-bond donors (Lipinski definition) is 0. The summed E-state index contributed by atoms with van der Waals surface area (Å²) in [6, 6.07) is 24.1. The first kappa shape index (κ1) is 45.8. The molecule has 0 fully saturated rings. The number of aromatic nitrogens is 1. The van der Waals surface area contributed by atoms with Crippen molar-refractivity contribution in [1.82, 2.24) is 0 Å². The van der Waals surface area contributed by atoms with Crippen molar-refractivity contribution in [2.45, 2.75) is 39.7 Å². The van der Waals surface area contributed by atoms with Gasteiger partial charge in [-0.1, -0.05) is 76.2 Å². The van der Waals surface area contributed by atoms with E-state index in [0.717, 1.165) is 35.1 Å². The van der Waals surface area contributed by atoms with Crippen LogP contribution in [0.2, 0.25) is 0 Å².